The summed E-state index contributed by atoms with van der Waals surface area (Å²) in [7, 11) is 4.83. The van der Waals surface area contributed by atoms with Gasteiger partial charge in [0.1, 0.15) is 17.2 Å². The van der Waals surface area contributed by atoms with Crippen LogP contribution >= 0.6 is 0 Å². The van der Waals surface area contributed by atoms with Crippen LogP contribution in [0.2, 0.25) is 0 Å². The van der Waals surface area contributed by atoms with Crippen molar-refractivity contribution in [3.63, 3.8) is 0 Å². The van der Waals surface area contributed by atoms with Crippen LogP contribution in [0.15, 0.2) is 12.1 Å². The Bertz CT molecular complexity index is 395. The summed E-state index contributed by atoms with van der Waals surface area (Å²) in [5.74, 6) is 2.31. The number of nitrogens with one attached hydrogen (secondary N) is 1. The Kier molecular flexibility index (Phi) is 6.61. The Morgan fingerprint density at radius 2 is 1.60 bits per heavy atom. The summed E-state index contributed by atoms with van der Waals surface area (Å²) in [6.07, 6.45) is -0.370. The average Bonchev–Trinajstić information content (AvgIpc) is 2.46. The number of aliphatic hydroxyl groups is 1. The van der Waals surface area contributed by atoms with E-state index in [0.29, 0.717) is 30.3 Å². The molecule has 0 radical (unpaired) electrons. The summed E-state index contributed by atoms with van der Waals surface area (Å²) in [5, 5.41) is 13.0. The van der Waals surface area contributed by atoms with Gasteiger partial charge in [0, 0.05) is 25.2 Å². The minimum absolute atomic E-state index is 0.224. The van der Waals surface area contributed by atoms with Crippen molar-refractivity contribution in [2.75, 3.05) is 27.9 Å². The van der Waals surface area contributed by atoms with Crippen molar-refractivity contribution in [2.24, 2.45) is 5.92 Å². The molecule has 0 aliphatic carbocycles. The van der Waals surface area contributed by atoms with E-state index in [1.165, 1.54) is 0 Å². The third kappa shape index (κ3) is 4.28. The van der Waals surface area contributed by atoms with E-state index in [9.17, 15) is 5.11 Å². The average molecular weight is 283 g/mol. The van der Waals surface area contributed by atoms with E-state index in [4.69, 9.17) is 14.2 Å². The summed E-state index contributed by atoms with van der Waals surface area (Å²) in [5.41, 5.74) is 0.909. The Morgan fingerprint density at radius 1 is 1.05 bits per heavy atom. The standard InChI is InChI=1S/C15H25NO4/c1-10(2)13(17)9-16-8-12-14(19-4)6-11(18-3)7-15(12)20-5/h6-7,10,13,16-17H,8-9H2,1-5H3. The minimum Gasteiger partial charge on any atom is -0.496 e. The first-order valence-electron chi connectivity index (χ1n) is 6.71. The third-order valence-corrected chi connectivity index (χ3v) is 3.24. The maximum atomic E-state index is 9.79. The van der Waals surface area contributed by atoms with Crippen LogP contribution in [0, 0.1) is 5.92 Å². The summed E-state index contributed by atoms with van der Waals surface area (Å²) >= 11 is 0. The van der Waals surface area contributed by atoms with Crippen molar-refractivity contribution in [1.29, 1.82) is 0 Å². The van der Waals surface area contributed by atoms with E-state index in [-0.39, 0.29) is 12.0 Å². The highest BCUT2D eigenvalue weighted by molar-refractivity contribution is 5.50. The van der Waals surface area contributed by atoms with Gasteiger partial charge in [0.2, 0.25) is 0 Å². The van der Waals surface area contributed by atoms with Crippen LogP contribution in [0.25, 0.3) is 0 Å². The molecule has 1 aromatic carbocycles. The van der Waals surface area contributed by atoms with Gasteiger partial charge in [-0.2, -0.15) is 0 Å². The number of ether oxygens (including phenoxy) is 3. The molecule has 2 N–H and O–H groups in total. The van der Waals surface area contributed by atoms with Crippen LogP contribution in [0.3, 0.4) is 0 Å². The van der Waals surface area contributed by atoms with Gasteiger partial charge in [-0.15, -0.1) is 0 Å². The molecule has 0 aromatic heterocycles. The first kappa shape index (κ1) is 16.6. The lowest BCUT2D eigenvalue weighted by Crippen LogP contribution is -2.30. The van der Waals surface area contributed by atoms with E-state index >= 15 is 0 Å². The summed E-state index contributed by atoms with van der Waals surface area (Å²) in [6, 6.07) is 3.64. The van der Waals surface area contributed by atoms with Crippen LogP contribution < -0.4 is 19.5 Å². The molecule has 5 heteroatoms. The van der Waals surface area contributed by atoms with Gasteiger partial charge >= 0.3 is 0 Å². The Hall–Kier alpha value is -1.46. The van der Waals surface area contributed by atoms with Gasteiger partial charge in [-0.1, -0.05) is 13.8 Å². The maximum absolute atomic E-state index is 9.79. The SMILES string of the molecule is COc1cc(OC)c(CNCC(O)C(C)C)c(OC)c1. The van der Waals surface area contributed by atoms with Crippen molar-refractivity contribution in [3.05, 3.63) is 17.7 Å². The molecule has 1 unspecified atom stereocenters. The number of aliphatic hydroxyl groups excluding tert-OH is 1. The minimum atomic E-state index is -0.370. The fraction of sp³-hybridized carbons (Fsp3) is 0.600. The highest BCUT2D eigenvalue weighted by Crippen LogP contribution is 2.33. The van der Waals surface area contributed by atoms with Gasteiger partial charge in [-0.3, -0.25) is 0 Å². The molecule has 0 heterocycles. The zero-order valence-electron chi connectivity index (χ0n) is 12.9. The number of hydrogen-bond acceptors (Lipinski definition) is 5. The predicted octanol–water partition coefficient (Wildman–Crippen LogP) is 1.82. The molecule has 0 fully saturated rings. The van der Waals surface area contributed by atoms with E-state index in [1.807, 2.05) is 26.0 Å². The molecular weight excluding hydrogens is 258 g/mol. The number of rotatable bonds is 8. The molecule has 114 valence electrons. The summed E-state index contributed by atoms with van der Waals surface area (Å²) in [6.45, 7) is 5.05. The third-order valence-electron chi connectivity index (χ3n) is 3.24. The molecule has 0 aliphatic heterocycles. The second-order valence-corrected chi connectivity index (χ2v) is 4.95. The molecule has 0 aliphatic rings. The Morgan fingerprint density at radius 3 is 2.00 bits per heavy atom. The van der Waals surface area contributed by atoms with Gasteiger partial charge in [-0.25, -0.2) is 0 Å². The molecule has 1 rings (SSSR count). The molecule has 1 atom stereocenters. The Balaban J connectivity index is 2.82. The van der Waals surface area contributed by atoms with Crippen LogP contribution in [0.4, 0.5) is 0 Å². The highest BCUT2D eigenvalue weighted by Gasteiger charge is 2.14. The molecule has 0 bridgehead atoms. The topological polar surface area (TPSA) is 60.0 Å². The van der Waals surface area contributed by atoms with Crippen LogP contribution in [-0.2, 0) is 6.54 Å². The van der Waals surface area contributed by atoms with Gasteiger partial charge in [0.05, 0.1) is 33.0 Å². The number of hydrogen-bond donors (Lipinski definition) is 2. The van der Waals surface area contributed by atoms with E-state index in [2.05, 4.69) is 5.32 Å². The van der Waals surface area contributed by atoms with Crippen LogP contribution in [-0.4, -0.2) is 39.1 Å². The van der Waals surface area contributed by atoms with Crippen LogP contribution in [0.5, 0.6) is 17.2 Å². The van der Waals surface area contributed by atoms with Crippen molar-refractivity contribution >= 4 is 0 Å². The molecule has 0 amide bonds. The summed E-state index contributed by atoms with van der Waals surface area (Å²) < 4.78 is 16.0. The molecule has 20 heavy (non-hydrogen) atoms. The predicted molar refractivity (Wildman–Crippen MR) is 78.6 cm³/mol. The second-order valence-electron chi connectivity index (χ2n) is 4.95. The number of methoxy groups -OCH3 is 3. The maximum Gasteiger partial charge on any atom is 0.130 e. The van der Waals surface area contributed by atoms with E-state index in [0.717, 1.165) is 5.56 Å². The molecule has 1 aromatic rings. The first-order chi connectivity index (χ1) is 9.53. The monoisotopic (exact) mass is 283 g/mol. The van der Waals surface area contributed by atoms with Gasteiger partial charge < -0.3 is 24.6 Å². The zero-order chi connectivity index (χ0) is 15.1. The molecule has 0 saturated carbocycles. The van der Waals surface area contributed by atoms with Crippen molar-refractivity contribution in [1.82, 2.24) is 5.32 Å². The van der Waals surface area contributed by atoms with E-state index < -0.39 is 0 Å². The summed E-state index contributed by atoms with van der Waals surface area (Å²) in [4.78, 5) is 0. The van der Waals surface area contributed by atoms with Gasteiger partial charge in [-0.05, 0) is 5.92 Å². The molecule has 5 nitrogen and oxygen atoms in total. The Labute approximate surface area is 120 Å². The number of benzene rings is 1. The fourth-order valence-corrected chi connectivity index (χ4v) is 1.83. The second kappa shape index (κ2) is 7.97. The van der Waals surface area contributed by atoms with Gasteiger partial charge in [0.15, 0.2) is 0 Å². The smallest absolute Gasteiger partial charge is 0.130 e. The van der Waals surface area contributed by atoms with Gasteiger partial charge in [0.25, 0.3) is 0 Å². The van der Waals surface area contributed by atoms with E-state index in [1.54, 1.807) is 21.3 Å². The van der Waals surface area contributed by atoms with Crippen LogP contribution in [0.1, 0.15) is 19.4 Å². The highest BCUT2D eigenvalue weighted by atomic mass is 16.5. The lowest BCUT2D eigenvalue weighted by Gasteiger charge is -2.18. The van der Waals surface area contributed by atoms with Crippen molar-refractivity contribution in [2.45, 2.75) is 26.5 Å². The zero-order valence-corrected chi connectivity index (χ0v) is 12.9. The quantitative estimate of drug-likeness (QED) is 0.762. The lowest BCUT2D eigenvalue weighted by molar-refractivity contribution is 0.123. The van der Waals surface area contributed by atoms with Crippen molar-refractivity contribution in [3.8, 4) is 17.2 Å². The normalized spacial score (nSPS) is 12.3. The fourth-order valence-electron chi connectivity index (χ4n) is 1.83. The molecular formula is C15H25NO4. The first-order valence-corrected chi connectivity index (χ1v) is 6.71. The molecule has 0 saturated heterocycles. The largest absolute Gasteiger partial charge is 0.496 e. The van der Waals surface area contributed by atoms with Crippen molar-refractivity contribution < 1.29 is 19.3 Å². The molecule has 0 spiro atoms. The lowest BCUT2D eigenvalue weighted by atomic mass is 10.1.